The Labute approximate surface area is 145 Å². The summed E-state index contributed by atoms with van der Waals surface area (Å²) < 4.78 is 29.2. The normalized spacial score (nSPS) is 28.8. The highest BCUT2D eigenvalue weighted by Crippen LogP contribution is 2.67. The van der Waals surface area contributed by atoms with Gasteiger partial charge in [-0.3, -0.25) is 4.79 Å². The van der Waals surface area contributed by atoms with E-state index in [4.69, 9.17) is 0 Å². The molecule has 1 spiro atoms. The van der Waals surface area contributed by atoms with Crippen LogP contribution in [0.1, 0.15) is 57.6 Å². The predicted molar refractivity (Wildman–Crippen MR) is 93.7 cm³/mol. The van der Waals surface area contributed by atoms with E-state index in [-0.39, 0.29) is 6.42 Å². The van der Waals surface area contributed by atoms with Gasteiger partial charge in [0.2, 0.25) is 0 Å². The highest BCUT2D eigenvalue weighted by atomic mass is 19.3. The Morgan fingerprint density at radius 1 is 1.36 bits per heavy atom. The van der Waals surface area contributed by atoms with Gasteiger partial charge in [0.15, 0.2) is 5.69 Å². The zero-order valence-electron chi connectivity index (χ0n) is 14.5. The summed E-state index contributed by atoms with van der Waals surface area (Å²) in [6.07, 6.45) is 6.01. The summed E-state index contributed by atoms with van der Waals surface area (Å²) in [4.78, 5) is 18.5. The van der Waals surface area contributed by atoms with Crippen molar-refractivity contribution in [1.29, 1.82) is 0 Å². The van der Waals surface area contributed by atoms with Crippen molar-refractivity contribution < 1.29 is 8.78 Å². The summed E-state index contributed by atoms with van der Waals surface area (Å²) >= 11 is 0. The van der Waals surface area contributed by atoms with Gasteiger partial charge in [-0.05, 0) is 55.1 Å². The minimum absolute atomic E-state index is 0.303. The quantitative estimate of drug-likeness (QED) is 0.827. The zero-order valence-corrected chi connectivity index (χ0v) is 14.5. The third-order valence-electron chi connectivity index (χ3n) is 6.53. The number of fused-ring (bicyclic) bond motifs is 1. The maximum absolute atomic E-state index is 14.6. The van der Waals surface area contributed by atoms with E-state index in [0.29, 0.717) is 28.8 Å². The third-order valence-corrected chi connectivity index (χ3v) is 6.53. The SMILES string of the molecule is CC1CCCC12CC2CCCC(F)(F)c1nc2ccccc2[nH]c1=O. The summed E-state index contributed by atoms with van der Waals surface area (Å²) in [6, 6.07) is 6.78. The Hall–Kier alpha value is -1.78. The molecule has 2 saturated carbocycles. The van der Waals surface area contributed by atoms with Gasteiger partial charge in [0.25, 0.3) is 11.5 Å². The number of hydrogen-bond acceptors (Lipinski definition) is 2. The number of aromatic amines is 1. The van der Waals surface area contributed by atoms with Crippen LogP contribution < -0.4 is 5.56 Å². The second kappa shape index (κ2) is 5.89. The molecular formula is C20H24F2N2O. The monoisotopic (exact) mass is 346 g/mol. The van der Waals surface area contributed by atoms with Gasteiger partial charge in [-0.25, -0.2) is 4.98 Å². The van der Waals surface area contributed by atoms with Crippen molar-refractivity contribution in [3.8, 4) is 0 Å². The largest absolute Gasteiger partial charge is 0.319 e. The summed E-state index contributed by atoms with van der Waals surface area (Å²) in [5, 5.41) is 0. The molecule has 2 fully saturated rings. The lowest BCUT2D eigenvalue weighted by atomic mass is 9.90. The first-order valence-electron chi connectivity index (χ1n) is 9.30. The fourth-order valence-corrected chi connectivity index (χ4v) is 4.94. The number of nitrogens with one attached hydrogen (secondary N) is 1. The molecule has 0 saturated heterocycles. The number of benzene rings is 1. The van der Waals surface area contributed by atoms with Crippen LogP contribution in [0.5, 0.6) is 0 Å². The molecule has 0 bridgehead atoms. The van der Waals surface area contributed by atoms with Gasteiger partial charge in [-0.15, -0.1) is 0 Å². The van der Waals surface area contributed by atoms with E-state index in [0.717, 1.165) is 12.3 Å². The predicted octanol–water partition coefficient (Wildman–Crippen LogP) is 5.01. The molecule has 2 aliphatic rings. The standard InChI is InChI=1S/C20H24F2N2O/c1-13-6-4-10-19(13)12-14(19)7-5-11-20(21,22)17-18(25)24-16-9-3-2-8-15(16)23-17/h2-3,8-9,13-14H,4-7,10-12H2,1H3,(H,24,25). The number of nitrogens with zero attached hydrogens (tertiary/aromatic N) is 1. The van der Waals surface area contributed by atoms with Crippen LogP contribution in [0.2, 0.25) is 0 Å². The molecule has 1 heterocycles. The number of hydrogen-bond donors (Lipinski definition) is 1. The van der Waals surface area contributed by atoms with Crippen molar-refractivity contribution in [2.24, 2.45) is 17.3 Å². The Balaban J connectivity index is 1.44. The van der Waals surface area contributed by atoms with Gasteiger partial charge in [0, 0.05) is 6.42 Å². The number of H-pyrrole nitrogens is 1. The van der Waals surface area contributed by atoms with Crippen molar-refractivity contribution in [1.82, 2.24) is 9.97 Å². The minimum atomic E-state index is -3.18. The molecule has 1 aromatic heterocycles. The molecule has 0 radical (unpaired) electrons. The zero-order chi connectivity index (χ0) is 17.7. The van der Waals surface area contributed by atoms with Crippen LogP contribution in [0, 0.1) is 17.3 Å². The number of alkyl halides is 2. The molecule has 134 valence electrons. The molecule has 3 unspecified atom stereocenters. The summed E-state index contributed by atoms with van der Waals surface area (Å²) in [5.41, 5.74) is -0.0876. The molecule has 3 nitrogen and oxygen atoms in total. The lowest BCUT2D eigenvalue weighted by Gasteiger charge is -2.17. The van der Waals surface area contributed by atoms with Crippen LogP contribution in [0.4, 0.5) is 8.78 Å². The molecule has 2 aromatic rings. The van der Waals surface area contributed by atoms with Crippen LogP contribution in [0.25, 0.3) is 11.0 Å². The molecule has 1 aromatic carbocycles. The van der Waals surface area contributed by atoms with Crippen LogP contribution >= 0.6 is 0 Å². The molecule has 4 rings (SSSR count). The van der Waals surface area contributed by atoms with Crippen LogP contribution in [0.3, 0.4) is 0 Å². The first kappa shape index (κ1) is 16.7. The highest BCUT2D eigenvalue weighted by Gasteiger charge is 2.58. The van der Waals surface area contributed by atoms with E-state index in [1.807, 2.05) is 0 Å². The van der Waals surface area contributed by atoms with Gasteiger partial charge in [-0.1, -0.05) is 31.9 Å². The molecule has 2 aliphatic carbocycles. The van der Waals surface area contributed by atoms with Crippen LogP contribution in [-0.4, -0.2) is 9.97 Å². The minimum Gasteiger partial charge on any atom is -0.319 e. The van der Waals surface area contributed by atoms with E-state index in [1.165, 1.54) is 25.7 Å². The van der Waals surface area contributed by atoms with E-state index in [1.54, 1.807) is 24.3 Å². The second-order valence-electron chi connectivity index (χ2n) is 7.96. The molecule has 0 aliphatic heterocycles. The Bertz CT molecular complexity index is 847. The molecule has 0 amide bonds. The summed E-state index contributed by atoms with van der Waals surface area (Å²) in [6.45, 7) is 2.31. The smallest absolute Gasteiger partial charge is 0.295 e. The molecule has 5 heteroatoms. The van der Waals surface area contributed by atoms with Gasteiger partial charge in [-0.2, -0.15) is 8.78 Å². The summed E-state index contributed by atoms with van der Waals surface area (Å²) in [7, 11) is 0. The van der Waals surface area contributed by atoms with Crippen molar-refractivity contribution in [2.75, 3.05) is 0 Å². The Kier molecular flexibility index (Phi) is 3.93. The molecular weight excluding hydrogens is 322 g/mol. The van der Waals surface area contributed by atoms with Gasteiger partial charge in [0.05, 0.1) is 11.0 Å². The van der Waals surface area contributed by atoms with E-state index >= 15 is 0 Å². The number of halogens is 2. The highest BCUT2D eigenvalue weighted by molar-refractivity contribution is 5.73. The summed E-state index contributed by atoms with van der Waals surface area (Å²) in [5.74, 6) is -1.84. The average Bonchev–Trinajstić information content (AvgIpc) is 3.15. The maximum atomic E-state index is 14.6. The second-order valence-corrected chi connectivity index (χ2v) is 7.96. The molecule has 3 atom stereocenters. The third kappa shape index (κ3) is 2.87. The van der Waals surface area contributed by atoms with Crippen molar-refractivity contribution in [2.45, 2.75) is 57.8 Å². The maximum Gasteiger partial charge on any atom is 0.295 e. The van der Waals surface area contributed by atoms with Gasteiger partial charge in [0.1, 0.15) is 0 Å². The van der Waals surface area contributed by atoms with Gasteiger partial charge < -0.3 is 4.98 Å². The van der Waals surface area contributed by atoms with Crippen LogP contribution in [-0.2, 0) is 5.92 Å². The first-order valence-corrected chi connectivity index (χ1v) is 9.30. The van der Waals surface area contributed by atoms with Crippen molar-refractivity contribution in [3.05, 3.63) is 40.3 Å². The number of para-hydroxylation sites is 2. The topological polar surface area (TPSA) is 45.8 Å². The molecule has 1 N–H and O–H groups in total. The van der Waals surface area contributed by atoms with Gasteiger partial charge >= 0.3 is 0 Å². The fraction of sp³-hybridized carbons (Fsp3) is 0.600. The number of rotatable bonds is 5. The van der Waals surface area contributed by atoms with E-state index < -0.39 is 17.2 Å². The number of aromatic nitrogens is 2. The fourth-order valence-electron chi connectivity index (χ4n) is 4.94. The van der Waals surface area contributed by atoms with Crippen molar-refractivity contribution >= 4 is 11.0 Å². The van der Waals surface area contributed by atoms with E-state index in [2.05, 4.69) is 16.9 Å². The Morgan fingerprint density at radius 2 is 2.16 bits per heavy atom. The van der Waals surface area contributed by atoms with E-state index in [9.17, 15) is 13.6 Å². The lowest BCUT2D eigenvalue weighted by molar-refractivity contribution is -0.0218. The Morgan fingerprint density at radius 3 is 2.92 bits per heavy atom. The average molecular weight is 346 g/mol. The molecule has 25 heavy (non-hydrogen) atoms. The first-order chi connectivity index (χ1) is 11.9. The van der Waals surface area contributed by atoms with Crippen molar-refractivity contribution in [3.63, 3.8) is 0 Å². The van der Waals surface area contributed by atoms with Crippen LogP contribution in [0.15, 0.2) is 29.1 Å². The lowest BCUT2D eigenvalue weighted by Crippen LogP contribution is -2.27.